The molecule has 2 fully saturated rings. The fourth-order valence-electron chi connectivity index (χ4n) is 2.15. The van der Waals surface area contributed by atoms with E-state index >= 15 is 0 Å². The van der Waals surface area contributed by atoms with Gasteiger partial charge in [-0.15, -0.1) is 0 Å². The van der Waals surface area contributed by atoms with Crippen LogP contribution < -0.4 is 0 Å². The van der Waals surface area contributed by atoms with Crippen molar-refractivity contribution < 1.29 is 14.8 Å². The Morgan fingerprint density at radius 1 is 1.60 bits per heavy atom. The summed E-state index contributed by atoms with van der Waals surface area (Å²) in [5.41, 5.74) is 0.0775. The van der Waals surface area contributed by atoms with Crippen molar-refractivity contribution in [2.75, 3.05) is 13.2 Å². The summed E-state index contributed by atoms with van der Waals surface area (Å²) in [4.78, 5) is 0. The molecule has 2 rings (SSSR count). The maximum atomic E-state index is 8.86. The molecule has 0 bridgehead atoms. The van der Waals surface area contributed by atoms with Crippen molar-refractivity contribution in [2.45, 2.75) is 12.7 Å². The van der Waals surface area contributed by atoms with Gasteiger partial charge < -0.3 is 14.8 Å². The van der Waals surface area contributed by atoms with Crippen LogP contribution in [0, 0.1) is 11.3 Å². The van der Waals surface area contributed by atoms with Gasteiger partial charge in [0.15, 0.2) is 0 Å². The molecule has 1 saturated heterocycles. The van der Waals surface area contributed by atoms with Crippen LogP contribution >= 0.6 is 0 Å². The molecular formula is C6H11BO3. The number of fused-ring (bicyclic) bond motifs is 1. The van der Waals surface area contributed by atoms with Crippen LogP contribution in [0.5, 0.6) is 0 Å². The van der Waals surface area contributed by atoms with Crippen molar-refractivity contribution in [3.05, 3.63) is 0 Å². The Hall–Kier alpha value is -0.0551. The summed E-state index contributed by atoms with van der Waals surface area (Å²) in [6.45, 7) is 3.45. The average Bonchev–Trinajstić information content (AvgIpc) is 2.22. The van der Waals surface area contributed by atoms with Crippen LogP contribution in [0.2, 0.25) is 5.82 Å². The third kappa shape index (κ3) is 0.616. The Balaban J connectivity index is 2.08. The van der Waals surface area contributed by atoms with E-state index in [9.17, 15) is 0 Å². The van der Waals surface area contributed by atoms with Crippen LogP contribution in [-0.2, 0) is 4.74 Å². The molecule has 3 atom stereocenters. The molecule has 0 amide bonds. The monoisotopic (exact) mass is 142 g/mol. The molecule has 0 radical (unpaired) electrons. The minimum absolute atomic E-state index is 0.0706. The van der Waals surface area contributed by atoms with Crippen molar-refractivity contribution in [3.8, 4) is 0 Å². The third-order valence-electron chi connectivity index (χ3n) is 2.96. The molecule has 10 heavy (non-hydrogen) atoms. The maximum absolute atomic E-state index is 8.86. The lowest BCUT2D eigenvalue weighted by atomic mass is 9.78. The van der Waals surface area contributed by atoms with Crippen LogP contribution in [0.4, 0.5) is 0 Å². The average molecular weight is 142 g/mol. The minimum Gasteiger partial charge on any atom is -0.427 e. The van der Waals surface area contributed by atoms with Gasteiger partial charge in [0, 0.05) is 12.4 Å². The van der Waals surface area contributed by atoms with E-state index in [1.165, 1.54) is 0 Å². The van der Waals surface area contributed by atoms with E-state index in [1.54, 1.807) is 0 Å². The SMILES string of the molecule is C[C@]12COC[C@H]1C2B(O)O. The standard InChI is InChI=1S/C6H11BO3/c1-6-3-10-2-4(6)5(6)7(8)9/h4-5,8-9H,2-3H2,1H3/t4-,5?,6-/m0/s1. The van der Waals surface area contributed by atoms with Gasteiger partial charge >= 0.3 is 7.12 Å². The van der Waals surface area contributed by atoms with E-state index in [0.717, 1.165) is 0 Å². The fourth-order valence-corrected chi connectivity index (χ4v) is 2.15. The van der Waals surface area contributed by atoms with Crippen LogP contribution in [0.1, 0.15) is 6.92 Å². The fraction of sp³-hybridized carbons (Fsp3) is 1.00. The lowest BCUT2D eigenvalue weighted by molar-refractivity contribution is 0.146. The van der Waals surface area contributed by atoms with Crippen LogP contribution in [0.15, 0.2) is 0 Å². The van der Waals surface area contributed by atoms with Gasteiger partial charge in [-0.1, -0.05) is 6.92 Å². The van der Waals surface area contributed by atoms with Crippen molar-refractivity contribution in [1.29, 1.82) is 0 Å². The van der Waals surface area contributed by atoms with Crippen LogP contribution in [0.3, 0.4) is 0 Å². The highest BCUT2D eigenvalue weighted by atomic mass is 16.5. The summed E-state index contributed by atoms with van der Waals surface area (Å²) in [6.07, 6.45) is 0. The largest absolute Gasteiger partial charge is 0.455 e. The zero-order valence-corrected chi connectivity index (χ0v) is 5.95. The predicted octanol–water partition coefficient (Wildman–Crippen LogP) is -0.504. The molecule has 0 aromatic carbocycles. The Kier molecular flexibility index (Phi) is 1.16. The number of ether oxygens (including phenoxy) is 1. The van der Waals surface area contributed by atoms with Crippen molar-refractivity contribution in [1.82, 2.24) is 0 Å². The van der Waals surface area contributed by atoms with E-state index in [0.29, 0.717) is 19.1 Å². The first-order chi connectivity index (χ1) is 4.66. The molecule has 1 aliphatic carbocycles. The summed E-state index contributed by atoms with van der Waals surface area (Å²) in [7, 11) is -1.14. The zero-order chi connectivity index (χ0) is 7.35. The van der Waals surface area contributed by atoms with Gasteiger partial charge in [-0.25, -0.2) is 0 Å². The number of rotatable bonds is 1. The highest BCUT2D eigenvalue weighted by Crippen LogP contribution is 2.67. The second kappa shape index (κ2) is 1.75. The van der Waals surface area contributed by atoms with Gasteiger partial charge in [-0.2, -0.15) is 0 Å². The van der Waals surface area contributed by atoms with Gasteiger partial charge in [0.2, 0.25) is 0 Å². The molecule has 0 aromatic heterocycles. The van der Waals surface area contributed by atoms with E-state index < -0.39 is 7.12 Å². The molecule has 1 heterocycles. The summed E-state index contributed by atoms with van der Waals surface area (Å²) >= 11 is 0. The molecule has 3 nitrogen and oxygen atoms in total. The van der Waals surface area contributed by atoms with E-state index in [2.05, 4.69) is 6.92 Å². The van der Waals surface area contributed by atoms with Gasteiger partial charge in [-0.3, -0.25) is 0 Å². The topological polar surface area (TPSA) is 49.7 Å². The van der Waals surface area contributed by atoms with Crippen LogP contribution in [0.25, 0.3) is 0 Å². The lowest BCUT2D eigenvalue weighted by Gasteiger charge is -2.06. The first kappa shape index (κ1) is 6.64. The zero-order valence-electron chi connectivity index (χ0n) is 5.95. The summed E-state index contributed by atoms with van der Waals surface area (Å²) in [6, 6.07) is 0. The molecule has 0 spiro atoms. The Morgan fingerprint density at radius 3 is 2.60 bits per heavy atom. The maximum Gasteiger partial charge on any atom is 0.455 e. The molecule has 1 unspecified atom stereocenters. The smallest absolute Gasteiger partial charge is 0.427 e. The van der Waals surface area contributed by atoms with E-state index in [-0.39, 0.29) is 11.2 Å². The van der Waals surface area contributed by atoms with Gasteiger partial charge in [0.05, 0.1) is 6.61 Å². The highest BCUT2D eigenvalue weighted by molar-refractivity contribution is 6.45. The summed E-state index contributed by atoms with van der Waals surface area (Å²) in [5.74, 6) is 0.466. The van der Waals surface area contributed by atoms with Gasteiger partial charge in [0.1, 0.15) is 0 Å². The second-order valence-corrected chi connectivity index (χ2v) is 3.57. The summed E-state index contributed by atoms with van der Waals surface area (Å²) < 4.78 is 5.17. The number of hydrogen-bond acceptors (Lipinski definition) is 3. The molecule has 2 N–H and O–H groups in total. The van der Waals surface area contributed by atoms with Crippen LogP contribution in [-0.4, -0.2) is 30.4 Å². The lowest BCUT2D eigenvalue weighted by Crippen LogP contribution is -2.18. The van der Waals surface area contributed by atoms with E-state index in [4.69, 9.17) is 14.8 Å². The molecule has 0 aromatic rings. The van der Waals surface area contributed by atoms with E-state index in [1.807, 2.05) is 0 Å². The molecule has 1 saturated carbocycles. The number of hydrogen-bond donors (Lipinski definition) is 2. The molecule has 1 aliphatic heterocycles. The molecule has 2 aliphatic rings. The van der Waals surface area contributed by atoms with Crippen molar-refractivity contribution in [2.24, 2.45) is 11.3 Å². The second-order valence-electron chi connectivity index (χ2n) is 3.57. The Labute approximate surface area is 60.1 Å². The van der Waals surface area contributed by atoms with Crippen molar-refractivity contribution >= 4 is 7.12 Å². The molecule has 56 valence electrons. The quantitative estimate of drug-likeness (QED) is 0.485. The minimum atomic E-state index is -1.14. The van der Waals surface area contributed by atoms with Gasteiger partial charge in [0.25, 0.3) is 0 Å². The Morgan fingerprint density at radius 2 is 2.30 bits per heavy atom. The van der Waals surface area contributed by atoms with Gasteiger partial charge in [-0.05, 0) is 11.3 Å². The molecule has 4 heteroatoms. The predicted molar refractivity (Wildman–Crippen MR) is 36.4 cm³/mol. The normalized spacial score (nSPS) is 50.7. The molecular weight excluding hydrogens is 131 g/mol. The van der Waals surface area contributed by atoms with Crippen molar-refractivity contribution in [3.63, 3.8) is 0 Å². The first-order valence-corrected chi connectivity index (χ1v) is 3.60. The first-order valence-electron chi connectivity index (χ1n) is 3.60. The Bertz CT molecular complexity index is 161. The highest BCUT2D eigenvalue weighted by Gasteiger charge is 2.68. The summed E-state index contributed by atoms with van der Waals surface area (Å²) in [5, 5.41) is 17.7. The third-order valence-corrected chi connectivity index (χ3v) is 2.96.